The maximum absolute atomic E-state index is 12.6. The Labute approximate surface area is 239 Å². The molecule has 1 aromatic carbocycles. The number of ether oxygens (including phenoxy) is 2. The molecule has 0 bridgehead atoms. The van der Waals surface area contributed by atoms with Crippen LogP contribution in [-0.2, 0) is 28.7 Å². The number of carbonyl (C=O) groups excluding carboxylic acids is 2. The first-order valence-corrected chi connectivity index (χ1v) is 12.1. The zero-order chi connectivity index (χ0) is 32.1. The number of piperidine rings is 1. The molecule has 42 heavy (non-hydrogen) atoms. The number of aromatic nitrogens is 1. The van der Waals surface area contributed by atoms with Gasteiger partial charge in [-0.25, -0.2) is 14.6 Å². The molecule has 0 spiro atoms. The summed E-state index contributed by atoms with van der Waals surface area (Å²) in [7, 11) is 1.39. The number of benzene rings is 1. The predicted molar refractivity (Wildman–Crippen MR) is 132 cm³/mol. The van der Waals surface area contributed by atoms with Crippen LogP contribution in [0.3, 0.4) is 0 Å². The molecular formula is C25H25ClF6N2O8. The third-order valence-electron chi connectivity index (χ3n) is 5.41. The molecule has 0 aliphatic carbocycles. The quantitative estimate of drug-likeness (QED) is 0.268. The van der Waals surface area contributed by atoms with Crippen LogP contribution >= 0.6 is 11.6 Å². The molecule has 1 aromatic heterocycles. The summed E-state index contributed by atoms with van der Waals surface area (Å²) >= 11 is 6.26. The van der Waals surface area contributed by atoms with E-state index in [-0.39, 0.29) is 24.4 Å². The molecule has 2 aromatic rings. The monoisotopic (exact) mass is 630 g/mol. The first-order chi connectivity index (χ1) is 19.5. The number of amides is 1. The molecule has 1 aliphatic rings. The highest BCUT2D eigenvalue weighted by Crippen LogP contribution is 2.30. The van der Waals surface area contributed by atoms with E-state index in [4.69, 9.17) is 40.9 Å². The van der Waals surface area contributed by atoms with Crippen molar-refractivity contribution in [2.75, 3.05) is 26.8 Å². The van der Waals surface area contributed by atoms with Crippen molar-refractivity contribution in [3.8, 4) is 0 Å². The molecule has 2 heterocycles. The highest BCUT2D eigenvalue weighted by atomic mass is 35.5. The van der Waals surface area contributed by atoms with E-state index in [1.807, 2.05) is 36.4 Å². The summed E-state index contributed by atoms with van der Waals surface area (Å²) in [5, 5.41) is 14.6. The Balaban J connectivity index is 0.000000522. The first-order valence-electron chi connectivity index (χ1n) is 11.7. The van der Waals surface area contributed by atoms with Crippen molar-refractivity contribution in [2.24, 2.45) is 5.92 Å². The molecule has 17 heteroatoms. The van der Waals surface area contributed by atoms with Gasteiger partial charge in [-0.3, -0.25) is 9.59 Å². The smallest absolute Gasteiger partial charge is 0.475 e. The van der Waals surface area contributed by atoms with Gasteiger partial charge < -0.3 is 24.6 Å². The van der Waals surface area contributed by atoms with Gasteiger partial charge >= 0.3 is 30.3 Å². The van der Waals surface area contributed by atoms with Crippen LogP contribution in [-0.4, -0.2) is 83.1 Å². The molecule has 232 valence electrons. The van der Waals surface area contributed by atoms with Crippen LogP contribution in [0.1, 0.15) is 30.1 Å². The van der Waals surface area contributed by atoms with E-state index in [1.54, 1.807) is 17.2 Å². The number of carbonyl (C=O) groups is 4. The van der Waals surface area contributed by atoms with Crippen molar-refractivity contribution in [3.05, 3.63) is 64.9 Å². The van der Waals surface area contributed by atoms with Gasteiger partial charge in [-0.15, -0.1) is 0 Å². The van der Waals surface area contributed by atoms with Gasteiger partial charge in [-0.1, -0.05) is 48.0 Å². The lowest BCUT2D eigenvalue weighted by Crippen LogP contribution is -2.42. The van der Waals surface area contributed by atoms with Gasteiger partial charge in [-0.2, -0.15) is 26.3 Å². The molecule has 10 nitrogen and oxygen atoms in total. The van der Waals surface area contributed by atoms with E-state index in [0.29, 0.717) is 36.6 Å². The Bertz CT molecular complexity index is 1170. The topological polar surface area (TPSA) is 143 Å². The summed E-state index contributed by atoms with van der Waals surface area (Å²) in [5.74, 6) is -5.97. The molecule has 1 amide bonds. The Morgan fingerprint density at radius 1 is 0.952 bits per heavy atom. The fourth-order valence-corrected chi connectivity index (χ4v) is 3.58. The number of esters is 1. The van der Waals surface area contributed by atoms with Gasteiger partial charge in [0.15, 0.2) is 0 Å². The number of methoxy groups -OCH3 is 1. The number of aliphatic carboxylic acids is 2. The molecule has 1 atom stereocenters. The number of rotatable bonds is 6. The summed E-state index contributed by atoms with van der Waals surface area (Å²) in [4.78, 5) is 47.9. The molecule has 2 N–H and O–H groups in total. The summed E-state index contributed by atoms with van der Waals surface area (Å²) in [6.07, 6.45) is -7.83. The lowest BCUT2D eigenvalue weighted by atomic mass is 9.97. The number of alkyl halides is 6. The Morgan fingerprint density at radius 3 is 1.88 bits per heavy atom. The van der Waals surface area contributed by atoms with E-state index in [9.17, 15) is 35.9 Å². The van der Waals surface area contributed by atoms with Gasteiger partial charge in [-0.05, 0) is 24.5 Å². The van der Waals surface area contributed by atoms with Crippen molar-refractivity contribution >= 4 is 35.4 Å². The SMILES string of the molecule is COC(=O)C1CCN(C(=O)COC(c2ccccc2)c2cccnc2Cl)CC1.O=C(O)C(F)(F)F.O=C(O)C(F)(F)F. The van der Waals surface area contributed by atoms with Crippen molar-refractivity contribution < 1.29 is 65.2 Å². The van der Waals surface area contributed by atoms with E-state index >= 15 is 0 Å². The van der Waals surface area contributed by atoms with Crippen molar-refractivity contribution in [2.45, 2.75) is 31.3 Å². The minimum absolute atomic E-state index is 0.0757. The number of nitrogens with zero attached hydrogens (tertiary/aromatic N) is 2. The van der Waals surface area contributed by atoms with Gasteiger partial charge in [0.05, 0.1) is 13.0 Å². The molecule has 1 saturated heterocycles. The average molecular weight is 631 g/mol. The van der Waals surface area contributed by atoms with Crippen LogP contribution in [0.15, 0.2) is 48.7 Å². The second-order valence-electron chi connectivity index (χ2n) is 8.27. The fourth-order valence-electron chi connectivity index (χ4n) is 3.36. The largest absolute Gasteiger partial charge is 0.490 e. The summed E-state index contributed by atoms with van der Waals surface area (Å²) in [6.45, 7) is 0.963. The van der Waals surface area contributed by atoms with Gasteiger partial charge in [0, 0.05) is 24.8 Å². The zero-order valence-electron chi connectivity index (χ0n) is 21.7. The van der Waals surface area contributed by atoms with Crippen molar-refractivity contribution in [1.29, 1.82) is 0 Å². The first kappa shape index (κ1) is 36.1. The van der Waals surface area contributed by atoms with Crippen LogP contribution in [0.25, 0.3) is 0 Å². The van der Waals surface area contributed by atoms with Crippen molar-refractivity contribution in [1.82, 2.24) is 9.88 Å². The number of hydrogen-bond acceptors (Lipinski definition) is 7. The van der Waals surface area contributed by atoms with E-state index in [0.717, 1.165) is 5.56 Å². The number of likely N-dealkylation sites (tertiary alicyclic amines) is 1. The fraction of sp³-hybridized carbons (Fsp3) is 0.400. The number of carboxylic acid groups (broad SMARTS) is 2. The minimum atomic E-state index is -5.08. The maximum atomic E-state index is 12.6. The second-order valence-corrected chi connectivity index (χ2v) is 8.63. The highest BCUT2D eigenvalue weighted by Gasteiger charge is 2.39. The summed E-state index contributed by atoms with van der Waals surface area (Å²) in [6, 6.07) is 13.2. The molecule has 1 aliphatic heterocycles. The average Bonchev–Trinajstić information content (AvgIpc) is 2.94. The lowest BCUT2D eigenvalue weighted by Gasteiger charge is -2.31. The molecular weight excluding hydrogens is 606 g/mol. The number of pyridine rings is 1. The van der Waals surface area contributed by atoms with E-state index in [1.165, 1.54) is 7.11 Å². The minimum Gasteiger partial charge on any atom is -0.475 e. The third kappa shape index (κ3) is 12.3. The molecule has 3 rings (SSSR count). The van der Waals surface area contributed by atoms with Crippen LogP contribution < -0.4 is 0 Å². The number of hydrogen-bond donors (Lipinski definition) is 2. The highest BCUT2D eigenvalue weighted by molar-refractivity contribution is 6.30. The summed E-state index contributed by atoms with van der Waals surface area (Å²) in [5.41, 5.74) is 1.61. The van der Waals surface area contributed by atoms with E-state index < -0.39 is 30.4 Å². The van der Waals surface area contributed by atoms with Crippen LogP contribution in [0.2, 0.25) is 5.15 Å². The van der Waals surface area contributed by atoms with Crippen LogP contribution in [0.4, 0.5) is 26.3 Å². The van der Waals surface area contributed by atoms with E-state index in [2.05, 4.69) is 4.98 Å². The molecule has 1 unspecified atom stereocenters. The van der Waals surface area contributed by atoms with Gasteiger partial charge in [0.1, 0.15) is 17.9 Å². The zero-order valence-corrected chi connectivity index (χ0v) is 22.4. The number of carboxylic acids is 2. The normalized spacial score (nSPS) is 14.3. The standard InChI is InChI=1S/C21H23ClN2O4.2C2HF3O2/c1-27-21(26)16-9-12-24(13-10-16)18(25)14-28-19(15-6-3-2-4-7-15)17-8-5-11-23-20(17)22;2*3-2(4,5)1(6)7/h2-8,11,16,19H,9-10,12-14H2,1H3;2*(H,6,7). The molecule has 0 saturated carbocycles. The lowest BCUT2D eigenvalue weighted by molar-refractivity contribution is -0.193. The molecule has 0 radical (unpaired) electrons. The van der Waals surface area contributed by atoms with Gasteiger partial charge in [0.25, 0.3) is 0 Å². The maximum Gasteiger partial charge on any atom is 0.490 e. The van der Waals surface area contributed by atoms with Crippen molar-refractivity contribution in [3.63, 3.8) is 0 Å². The molecule has 1 fully saturated rings. The predicted octanol–water partition coefficient (Wildman–Crippen LogP) is 4.52. The van der Waals surface area contributed by atoms with Crippen LogP contribution in [0, 0.1) is 5.92 Å². The Morgan fingerprint density at radius 2 is 1.45 bits per heavy atom. The van der Waals surface area contributed by atoms with Gasteiger partial charge in [0.2, 0.25) is 5.91 Å². The Hall–Kier alpha value is -3.92. The third-order valence-corrected chi connectivity index (χ3v) is 5.73. The number of halogens is 7. The Kier molecular flexibility index (Phi) is 14.2. The second kappa shape index (κ2) is 16.5. The van der Waals surface area contributed by atoms with Crippen LogP contribution in [0.5, 0.6) is 0 Å². The summed E-state index contributed by atoms with van der Waals surface area (Å²) < 4.78 is 74.3.